The van der Waals surface area contributed by atoms with Crippen LogP contribution in [0.4, 0.5) is 17.2 Å². The van der Waals surface area contributed by atoms with Gasteiger partial charge in [0.05, 0.1) is 52.0 Å². The van der Waals surface area contributed by atoms with Gasteiger partial charge in [0, 0.05) is 101 Å². The monoisotopic (exact) mass is 1020 g/mol. The van der Waals surface area contributed by atoms with Crippen LogP contribution in [0.25, 0.3) is 21.7 Å². The van der Waals surface area contributed by atoms with Crippen molar-refractivity contribution in [1.29, 1.82) is 0 Å². The number of amides is 2. The smallest absolute Gasteiger partial charge is 0.248 e. The molecule has 0 radical (unpaired) electrons. The third-order valence-electron chi connectivity index (χ3n) is 15.2. The third-order valence-corrected chi connectivity index (χ3v) is 16.2. The highest BCUT2D eigenvalue weighted by Gasteiger charge is 2.44. The number of piperazine rings is 2. The Balaban J connectivity index is 0.655. The second-order valence-electron chi connectivity index (χ2n) is 20.6. The zero-order valence-corrected chi connectivity index (χ0v) is 43.9. The number of aryl methyl sites for hydroxylation is 2. The van der Waals surface area contributed by atoms with Crippen molar-refractivity contribution in [2.24, 2.45) is 5.92 Å². The van der Waals surface area contributed by atoms with Gasteiger partial charge in [0.2, 0.25) is 17.7 Å². The largest absolute Gasteiger partial charge is 0.489 e. The molecule has 18 nitrogen and oxygen atoms in total. The molecule has 74 heavy (non-hydrogen) atoms. The van der Waals surface area contributed by atoms with E-state index in [0.29, 0.717) is 42.7 Å². The fourth-order valence-electron chi connectivity index (χ4n) is 11.2. The lowest BCUT2D eigenvalue weighted by atomic mass is 10.0. The van der Waals surface area contributed by atoms with E-state index in [1.165, 1.54) is 4.90 Å². The van der Waals surface area contributed by atoms with Gasteiger partial charge in [0.1, 0.15) is 25.3 Å². The van der Waals surface area contributed by atoms with E-state index in [0.717, 1.165) is 115 Å². The van der Waals surface area contributed by atoms with Crippen molar-refractivity contribution < 1.29 is 24.2 Å². The number of nitrogen functional groups attached to an aromatic ring is 1. The van der Waals surface area contributed by atoms with Gasteiger partial charge in [-0.3, -0.25) is 24.1 Å². The fraction of sp³-hybridized carbons (Fsp3) is 0.473. The minimum atomic E-state index is -0.806. The van der Waals surface area contributed by atoms with Gasteiger partial charge in [0.15, 0.2) is 11.6 Å². The first kappa shape index (κ1) is 50.8. The standard InChI is InChI=1S/C55H69N13O5S/c1-35(2)51(55(71)66-32-44(69)27-49(66)54(70)60-37(4)39-10-12-40(13-11-39)52-38(5)58-34-74-52)67-33-45(29-59-67)72-24-22-63-18-20-64(21-19-63)23-25-73-50-26-41(16-17-57-50)68-42-14-15-43(68)31-65(30-42)48-28-47(61-62-53(48)56)46-9-7-6-8-36(46)3/h6-13,16-17,26,28-29,33-35,37,42-44,49,51,69H,14-15,18-25,27,30-32H2,1-5H3,(H2,56,62)(H,60,70)/t37-,42?,43?,44+,49-,51?/m0/s1. The molecule has 10 rings (SSSR count). The van der Waals surface area contributed by atoms with Crippen LogP contribution in [0.3, 0.4) is 0 Å². The third kappa shape index (κ3) is 11.2. The number of nitrogens with one attached hydrogen (secondary N) is 1. The number of hydrogen-bond donors (Lipinski definition) is 3. The van der Waals surface area contributed by atoms with E-state index >= 15 is 0 Å². The van der Waals surface area contributed by atoms with Crippen molar-refractivity contribution in [2.45, 2.75) is 90.2 Å². The number of aromatic nitrogens is 6. The van der Waals surface area contributed by atoms with Crippen molar-refractivity contribution in [3.63, 3.8) is 0 Å². The van der Waals surface area contributed by atoms with Crippen LogP contribution >= 0.6 is 11.3 Å². The number of thiazole rings is 1. The zero-order chi connectivity index (χ0) is 51.5. The van der Waals surface area contributed by atoms with Crippen LogP contribution in [0.5, 0.6) is 11.6 Å². The maximum absolute atomic E-state index is 14.3. The first-order valence-corrected chi connectivity index (χ1v) is 27.0. The van der Waals surface area contributed by atoms with Gasteiger partial charge in [-0.1, -0.05) is 62.4 Å². The number of carbonyl (C=O) groups excluding carboxylic acids is 2. The number of nitrogens with two attached hydrogens (primary N) is 1. The lowest BCUT2D eigenvalue weighted by Crippen LogP contribution is -2.54. The van der Waals surface area contributed by atoms with Crippen LogP contribution in [-0.2, 0) is 9.59 Å². The number of aliphatic hydroxyl groups excluding tert-OH is 1. The van der Waals surface area contributed by atoms with Gasteiger partial charge in [-0.05, 0) is 68.4 Å². The molecule has 2 aromatic carbocycles. The Kier molecular flexibility index (Phi) is 15.4. The molecule has 19 heteroatoms. The highest BCUT2D eigenvalue weighted by molar-refractivity contribution is 7.13. The second-order valence-corrected chi connectivity index (χ2v) is 21.5. The first-order valence-electron chi connectivity index (χ1n) is 26.1. The summed E-state index contributed by atoms with van der Waals surface area (Å²) in [6.07, 6.45) is 6.84. The molecular formula is C55H69N13O5S. The zero-order valence-electron chi connectivity index (χ0n) is 43.1. The van der Waals surface area contributed by atoms with E-state index in [9.17, 15) is 14.7 Å². The molecule has 4 saturated heterocycles. The van der Waals surface area contributed by atoms with Crippen molar-refractivity contribution in [3.8, 4) is 33.3 Å². The average molecular weight is 1020 g/mol. The summed E-state index contributed by atoms with van der Waals surface area (Å²) in [5, 5.41) is 27.2. The van der Waals surface area contributed by atoms with Gasteiger partial charge in [0.25, 0.3) is 0 Å². The van der Waals surface area contributed by atoms with E-state index in [2.05, 4.69) is 87.4 Å². The van der Waals surface area contributed by atoms with E-state index in [1.54, 1.807) is 28.4 Å². The number of aliphatic hydroxyl groups is 1. The molecule has 3 unspecified atom stereocenters. The summed E-state index contributed by atoms with van der Waals surface area (Å²) >= 11 is 1.60. The summed E-state index contributed by atoms with van der Waals surface area (Å²) in [4.78, 5) is 49.4. The number of rotatable bonds is 18. The van der Waals surface area contributed by atoms with E-state index < -0.39 is 18.2 Å². The van der Waals surface area contributed by atoms with Gasteiger partial charge in [-0.25, -0.2) is 9.97 Å². The number of ether oxygens (including phenoxy) is 2. The number of pyridine rings is 1. The lowest BCUT2D eigenvalue weighted by molar-refractivity contribution is -0.142. The van der Waals surface area contributed by atoms with Crippen molar-refractivity contribution >= 4 is 40.3 Å². The van der Waals surface area contributed by atoms with Crippen LogP contribution in [0, 0.1) is 19.8 Å². The Morgan fingerprint density at radius 3 is 2.28 bits per heavy atom. The van der Waals surface area contributed by atoms with Gasteiger partial charge in [-0.2, -0.15) is 5.10 Å². The molecule has 6 aromatic rings. The number of likely N-dealkylation sites (tertiary alicyclic amines) is 1. The van der Waals surface area contributed by atoms with Crippen LogP contribution in [0.15, 0.2) is 90.8 Å². The minimum absolute atomic E-state index is 0.0773. The number of β-amino-alcohol motifs (C(OH)–C–C–N with tert-alkyl or cyclic N) is 1. The van der Waals surface area contributed by atoms with Crippen LogP contribution in [-0.4, -0.2) is 158 Å². The molecule has 390 valence electrons. The van der Waals surface area contributed by atoms with Crippen LogP contribution < -0.4 is 30.3 Å². The summed E-state index contributed by atoms with van der Waals surface area (Å²) in [5.41, 5.74) is 16.4. The highest BCUT2D eigenvalue weighted by Crippen LogP contribution is 2.39. The van der Waals surface area contributed by atoms with E-state index in [1.807, 2.05) is 75.8 Å². The van der Waals surface area contributed by atoms with Gasteiger partial charge in [-0.15, -0.1) is 21.5 Å². The average Bonchev–Trinajstić information content (AvgIpc) is 4.20. The maximum Gasteiger partial charge on any atom is 0.248 e. The van der Waals surface area contributed by atoms with Gasteiger partial charge < -0.3 is 40.3 Å². The number of hydrogen-bond acceptors (Lipinski definition) is 16. The van der Waals surface area contributed by atoms with E-state index in [4.69, 9.17) is 15.2 Å². The van der Waals surface area contributed by atoms with Crippen molar-refractivity contribution in [1.82, 2.24) is 50.0 Å². The lowest BCUT2D eigenvalue weighted by Gasteiger charge is -2.43. The number of fused-ring (bicyclic) bond motifs is 2. The Morgan fingerprint density at radius 2 is 1.59 bits per heavy atom. The summed E-state index contributed by atoms with van der Waals surface area (Å²) in [6, 6.07) is 21.5. The number of nitrogens with zero attached hydrogens (tertiary/aromatic N) is 11. The molecule has 4 N–H and O–H groups in total. The maximum atomic E-state index is 14.3. The van der Waals surface area contributed by atoms with Crippen molar-refractivity contribution in [3.05, 3.63) is 108 Å². The van der Waals surface area contributed by atoms with Crippen LogP contribution in [0.1, 0.15) is 68.9 Å². The molecule has 2 bridgehead atoms. The molecular weight excluding hydrogens is 955 g/mol. The Morgan fingerprint density at radius 1 is 0.878 bits per heavy atom. The Hall–Kier alpha value is -6.67. The molecule has 4 fully saturated rings. The molecule has 4 aromatic heterocycles. The molecule has 4 aliphatic rings. The summed E-state index contributed by atoms with van der Waals surface area (Å²) < 4.78 is 14.1. The number of benzene rings is 2. The Labute approximate surface area is 437 Å². The number of anilines is 3. The molecule has 6 atom stereocenters. The summed E-state index contributed by atoms with van der Waals surface area (Å²) in [5.74, 6) is 0.996. The topological polar surface area (TPSA) is 196 Å². The summed E-state index contributed by atoms with van der Waals surface area (Å²) in [7, 11) is 0. The molecule has 8 heterocycles. The van der Waals surface area contributed by atoms with Crippen LogP contribution in [0.2, 0.25) is 0 Å². The van der Waals surface area contributed by atoms with E-state index in [-0.39, 0.29) is 36.7 Å². The summed E-state index contributed by atoms with van der Waals surface area (Å²) in [6.45, 7) is 18.0. The van der Waals surface area contributed by atoms with Gasteiger partial charge >= 0.3 is 0 Å². The number of carbonyl (C=O) groups is 2. The van der Waals surface area contributed by atoms with Crippen molar-refractivity contribution in [2.75, 3.05) is 87.7 Å². The SMILES string of the molecule is Cc1ccccc1-c1cc(N2CC3CCC(C2)N3c2ccnc(OCCN3CCN(CCOc4cnn(C(C(=O)N5C[C@H](O)C[C@H]5C(=O)N[C@@H](C)c5ccc(-c6scnc6C)cc5)C(C)C)c4)CC3)c2)c(N)nn1. The first-order chi connectivity index (χ1) is 35.9. The molecule has 0 aliphatic carbocycles. The normalized spacial score (nSPS) is 21.0. The second kappa shape index (κ2) is 22.4. The minimum Gasteiger partial charge on any atom is -0.489 e. The molecule has 0 spiro atoms. The predicted octanol–water partition coefficient (Wildman–Crippen LogP) is 6.03. The quantitative estimate of drug-likeness (QED) is 0.0903. The highest BCUT2D eigenvalue weighted by atomic mass is 32.1. The molecule has 2 amide bonds. The molecule has 4 aliphatic heterocycles. The Bertz CT molecular complexity index is 2870. The fourth-order valence-corrected chi connectivity index (χ4v) is 12.0. The molecule has 0 saturated carbocycles. The predicted molar refractivity (Wildman–Crippen MR) is 287 cm³/mol.